The standard InChI is InChI=1S/C67H102O6/c1-4-7-10-13-16-19-22-25-27-29-31-32-33-34-36-37-39-42-45-48-51-54-57-60-66(69)72-63-64(62-71-65(68)59-56-53-50-47-44-41-24-21-18-15-12-9-6-3)73-67(70)61-58-55-52-49-46-43-40-38-35-30-28-26-23-20-17-14-11-8-5-2/h7-12,16-21,25-28,31-32,34-36,38-39,41-42,44,50,53,64H,4-6,13-15,22-24,29-30,33,37,40,43,45-49,51-52,54-63H2,1-3H3/b10-7-,11-8-,12-9-,19-16-,20-17-,21-18-,27-25-,28-26-,32-31-,36-34-,38-35-,42-39-,44-41-,53-50-. The normalized spacial score (nSPS) is 13.4. The number of allylic oxidation sites excluding steroid dienone is 28. The van der Waals surface area contributed by atoms with E-state index in [-0.39, 0.29) is 44.0 Å². The maximum Gasteiger partial charge on any atom is 0.306 e. The molecule has 0 bridgehead atoms. The first-order valence-electron chi connectivity index (χ1n) is 28.6. The third kappa shape index (κ3) is 57.5. The molecule has 0 saturated carbocycles. The van der Waals surface area contributed by atoms with Crippen LogP contribution in [0.4, 0.5) is 0 Å². The van der Waals surface area contributed by atoms with Crippen molar-refractivity contribution in [2.24, 2.45) is 0 Å². The van der Waals surface area contributed by atoms with Gasteiger partial charge in [-0.2, -0.15) is 0 Å². The summed E-state index contributed by atoms with van der Waals surface area (Å²) in [5.74, 6) is -1.06. The molecule has 0 heterocycles. The van der Waals surface area contributed by atoms with Crippen molar-refractivity contribution in [2.45, 2.75) is 219 Å². The van der Waals surface area contributed by atoms with E-state index >= 15 is 0 Å². The van der Waals surface area contributed by atoms with Crippen molar-refractivity contribution < 1.29 is 28.6 Å². The van der Waals surface area contributed by atoms with Crippen molar-refractivity contribution >= 4 is 17.9 Å². The van der Waals surface area contributed by atoms with Crippen molar-refractivity contribution in [3.05, 3.63) is 170 Å². The molecule has 0 N–H and O–H groups in total. The first-order valence-corrected chi connectivity index (χ1v) is 28.6. The molecule has 0 aliphatic heterocycles. The number of hydrogen-bond acceptors (Lipinski definition) is 6. The number of esters is 3. The number of rotatable bonds is 49. The zero-order chi connectivity index (χ0) is 52.9. The second-order valence-corrected chi connectivity index (χ2v) is 18.0. The van der Waals surface area contributed by atoms with E-state index < -0.39 is 6.10 Å². The van der Waals surface area contributed by atoms with Crippen LogP contribution in [-0.2, 0) is 28.6 Å². The van der Waals surface area contributed by atoms with Gasteiger partial charge in [-0.15, -0.1) is 0 Å². The van der Waals surface area contributed by atoms with E-state index in [2.05, 4.69) is 179 Å². The SMILES string of the molecule is CC/C=C\C/C=C\C/C=C\C/C=C\C/C=C\C/C=C\CCCCCCC(=O)OCC(COC(=O)CC/C=C\C/C=C\C/C=C\C/C=C\CC)OC(=O)CCCCCCCC/C=C\C/C=C\C/C=C\C/C=C\CC. The van der Waals surface area contributed by atoms with E-state index in [1.807, 2.05) is 12.2 Å². The molecule has 0 aromatic rings. The van der Waals surface area contributed by atoms with Gasteiger partial charge < -0.3 is 14.2 Å². The smallest absolute Gasteiger partial charge is 0.306 e. The largest absolute Gasteiger partial charge is 0.462 e. The summed E-state index contributed by atoms with van der Waals surface area (Å²) in [6.45, 7) is 6.18. The summed E-state index contributed by atoms with van der Waals surface area (Å²) in [6.07, 6.45) is 87.8. The zero-order valence-corrected chi connectivity index (χ0v) is 46.3. The van der Waals surface area contributed by atoms with E-state index in [0.717, 1.165) is 154 Å². The highest BCUT2D eigenvalue weighted by Gasteiger charge is 2.19. The predicted octanol–water partition coefficient (Wildman–Crippen LogP) is 19.5. The third-order valence-electron chi connectivity index (χ3n) is 11.2. The van der Waals surface area contributed by atoms with Crippen molar-refractivity contribution in [2.75, 3.05) is 13.2 Å². The topological polar surface area (TPSA) is 78.9 Å². The third-order valence-corrected chi connectivity index (χ3v) is 11.2. The minimum Gasteiger partial charge on any atom is -0.462 e. The van der Waals surface area contributed by atoms with Crippen LogP contribution in [-0.4, -0.2) is 37.2 Å². The lowest BCUT2D eigenvalue weighted by Gasteiger charge is -2.18. The quantitative estimate of drug-likeness (QED) is 0.0261. The van der Waals surface area contributed by atoms with Crippen LogP contribution in [0, 0.1) is 0 Å². The summed E-state index contributed by atoms with van der Waals surface area (Å²) in [7, 11) is 0. The van der Waals surface area contributed by atoms with Crippen LogP contribution in [0.15, 0.2) is 170 Å². The first kappa shape index (κ1) is 67.8. The van der Waals surface area contributed by atoms with Gasteiger partial charge in [0.25, 0.3) is 0 Å². The Bertz CT molecular complexity index is 1720. The molecule has 0 spiro atoms. The van der Waals surface area contributed by atoms with Crippen LogP contribution in [0.5, 0.6) is 0 Å². The molecule has 0 radical (unpaired) electrons. The highest BCUT2D eigenvalue weighted by molar-refractivity contribution is 5.71. The van der Waals surface area contributed by atoms with E-state index in [1.54, 1.807) is 0 Å². The van der Waals surface area contributed by atoms with Crippen LogP contribution in [0.3, 0.4) is 0 Å². The lowest BCUT2D eigenvalue weighted by atomic mass is 10.1. The van der Waals surface area contributed by atoms with E-state index in [4.69, 9.17) is 14.2 Å². The molecule has 0 aromatic carbocycles. The Labute approximate surface area is 447 Å². The van der Waals surface area contributed by atoms with Crippen LogP contribution in [0.25, 0.3) is 0 Å². The lowest BCUT2D eigenvalue weighted by Crippen LogP contribution is -2.30. The average molecular weight is 1000 g/mol. The van der Waals surface area contributed by atoms with Crippen LogP contribution >= 0.6 is 0 Å². The van der Waals surface area contributed by atoms with Gasteiger partial charge >= 0.3 is 17.9 Å². The van der Waals surface area contributed by atoms with Gasteiger partial charge in [-0.05, 0) is 135 Å². The van der Waals surface area contributed by atoms with Crippen molar-refractivity contribution in [3.8, 4) is 0 Å². The molecule has 0 aliphatic rings. The fraction of sp³-hybridized carbons (Fsp3) is 0.537. The van der Waals surface area contributed by atoms with E-state index in [9.17, 15) is 14.4 Å². The Morgan fingerprint density at radius 1 is 0.274 bits per heavy atom. The predicted molar refractivity (Wildman–Crippen MR) is 315 cm³/mol. The van der Waals surface area contributed by atoms with Gasteiger partial charge in [0.2, 0.25) is 0 Å². The van der Waals surface area contributed by atoms with Gasteiger partial charge in [-0.25, -0.2) is 0 Å². The molecule has 1 atom stereocenters. The van der Waals surface area contributed by atoms with Crippen LogP contribution < -0.4 is 0 Å². The first-order chi connectivity index (χ1) is 36.0. The van der Waals surface area contributed by atoms with Gasteiger partial charge in [0.05, 0.1) is 0 Å². The Kier molecular flexibility index (Phi) is 55.1. The van der Waals surface area contributed by atoms with Crippen LogP contribution in [0.1, 0.15) is 213 Å². The maximum atomic E-state index is 12.9. The van der Waals surface area contributed by atoms with Crippen molar-refractivity contribution in [3.63, 3.8) is 0 Å². The molecule has 0 aliphatic carbocycles. The van der Waals surface area contributed by atoms with Gasteiger partial charge in [0.1, 0.15) is 13.2 Å². The molecule has 0 rings (SSSR count). The molecular weight excluding hydrogens is 901 g/mol. The zero-order valence-electron chi connectivity index (χ0n) is 46.3. The molecule has 0 saturated heterocycles. The number of carbonyl (C=O) groups excluding carboxylic acids is 3. The highest BCUT2D eigenvalue weighted by atomic mass is 16.6. The fourth-order valence-electron chi connectivity index (χ4n) is 7.04. The van der Waals surface area contributed by atoms with E-state index in [0.29, 0.717) is 12.8 Å². The molecule has 0 aromatic heterocycles. The summed E-state index contributed by atoms with van der Waals surface area (Å²) in [6, 6.07) is 0. The average Bonchev–Trinajstić information content (AvgIpc) is 3.39. The second-order valence-electron chi connectivity index (χ2n) is 18.0. The summed E-state index contributed by atoms with van der Waals surface area (Å²) in [5, 5.41) is 0. The summed E-state index contributed by atoms with van der Waals surface area (Å²) in [4.78, 5) is 38.1. The van der Waals surface area contributed by atoms with Gasteiger partial charge in [-0.3, -0.25) is 14.4 Å². The van der Waals surface area contributed by atoms with E-state index in [1.165, 1.54) is 12.8 Å². The molecule has 1 unspecified atom stereocenters. The molecule has 6 heteroatoms. The Balaban J connectivity index is 4.54. The molecule has 0 fully saturated rings. The molecule has 73 heavy (non-hydrogen) atoms. The summed E-state index contributed by atoms with van der Waals surface area (Å²) in [5.41, 5.74) is 0. The van der Waals surface area contributed by atoms with Crippen molar-refractivity contribution in [1.82, 2.24) is 0 Å². The minimum atomic E-state index is -0.836. The molecular formula is C67H102O6. The van der Waals surface area contributed by atoms with Gasteiger partial charge in [-0.1, -0.05) is 229 Å². The number of ether oxygens (including phenoxy) is 3. The Morgan fingerprint density at radius 3 is 0.849 bits per heavy atom. The lowest BCUT2D eigenvalue weighted by molar-refractivity contribution is -0.166. The summed E-state index contributed by atoms with van der Waals surface area (Å²) >= 11 is 0. The van der Waals surface area contributed by atoms with Crippen molar-refractivity contribution in [1.29, 1.82) is 0 Å². The highest BCUT2D eigenvalue weighted by Crippen LogP contribution is 2.12. The Hall–Kier alpha value is -5.23. The summed E-state index contributed by atoms with van der Waals surface area (Å²) < 4.78 is 16.8. The number of unbranched alkanes of at least 4 members (excludes halogenated alkanes) is 10. The number of hydrogen-bond donors (Lipinski definition) is 0. The van der Waals surface area contributed by atoms with Gasteiger partial charge in [0, 0.05) is 19.3 Å². The number of carbonyl (C=O) groups is 3. The van der Waals surface area contributed by atoms with Gasteiger partial charge in [0.15, 0.2) is 6.10 Å². The Morgan fingerprint density at radius 2 is 0.521 bits per heavy atom. The second kappa shape index (κ2) is 59.3. The maximum absolute atomic E-state index is 12.9. The molecule has 6 nitrogen and oxygen atoms in total. The monoisotopic (exact) mass is 1000 g/mol. The van der Waals surface area contributed by atoms with Crippen LogP contribution in [0.2, 0.25) is 0 Å². The minimum absolute atomic E-state index is 0.128. The molecule has 0 amide bonds. The molecule has 406 valence electrons. The fourth-order valence-corrected chi connectivity index (χ4v) is 7.04.